The number of hydrogen-bond acceptors (Lipinski definition) is 4. The van der Waals surface area contributed by atoms with Gasteiger partial charge in [0.05, 0.1) is 0 Å². The predicted molar refractivity (Wildman–Crippen MR) is 57.5 cm³/mol. The van der Waals surface area contributed by atoms with E-state index < -0.39 is 31.2 Å². The average molecular weight is 269 g/mol. The first-order chi connectivity index (χ1) is 7.66. The van der Waals surface area contributed by atoms with E-state index in [2.05, 4.69) is 0 Å². The lowest BCUT2D eigenvalue weighted by Crippen LogP contribution is -2.29. The van der Waals surface area contributed by atoms with E-state index in [0.717, 1.165) is 0 Å². The van der Waals surface area contributed by atoms with Crippen molar-refractivity contribution >= 4 is 19.5 Å². The molecule has 0 aliphatic rings. The van der Waals surface area contributed by atoms with E-state index in [0.29, 0.717) is 6.42 Å². The summed E-state index contributed by atoms with van der Waals surface area (Å²) in [5.41, 5.74) is 3.48. The number of carboxylic acids is 2. The molecule has 0 aromatic rings. The zero-order valence-electron chi connectivity index (χ0n) is 9.02. The van der Waals surface area contributed by atoms with Crippen LogP contribution >= 0.6 is 7.60 Å². The molecular formula is C8H16NO7P. The van der Waals surface area contributed by atoms with Gasteiger partial charge in [-0.3, -0.25) is 14.2 Å². The Hall–Kier alpha value is -0.950. The van der Waals surface area contributed by atoms with Crippen molar-refractivity contribution in [1.82, 2.24) is 0 Å². The Morgan fingerprint density at radius 2 is 1.53 bits per heavy atom. The monoisotopic (exact) mass is 269 g/mol. The first kappa shape index (κ1) is 16.1. The second kappa shape index (κ2) is 6.70. The summed E-state index contributed by atoms with van der Waals surface area (Å²) in [5.74, 6) is -2.71. The molecule has 0 saturated heterocycles. The summed E-state index contributed by atoms with van der Waals surface area (Å²) in [6.45, 7) is 0. The summed E-state index contributed by atoms with van der Waals surface area (Å²) >= 11 is 0. The first-order valence-corrected chi connectivity index (χ1v) is 6.60. The fraction of sp³-hybridized carbons (Fsp3) is 0.750. The number of aliphatic carboxylic acids is 2. The molecule has 8 nitrogen and oxygen atoms in total. The van der Waals surface area contributed by atoms with Crippen LogP contribution in [0.2, 0.25) is 0 Å². The quantitative estimate of drug-likeness (QED) is 0.294. The minimum absolute atomic E-state index is 0.142. The van der Waals surface area contributed by atoms with Crippen LogP contribution in [0, 0.1) is 0 Å². The van der Waals surface area contributed by atoms with Gasteiger partial charge in [0.15, 0.2) is 5.66 Å². The summed E-state index contributed by atoms with van der Waals surface area (Å²) < 4.78 is 10.8. The van der Waals surface area contributed by atoms with Crippen molar-refractivity contribution in [3.05, 3.63) is 0 Å². The molecule has 0 aromatic heterocycles. The Morgan fingerprint density at radius 1 is 1.06 bits per heavy atom. The number of nitrogens with two attached hydrogens (primary N) is 1. The van der Waals surface area contributed by atoms with E-state index in [1.54, 1.807) is 0 Å². The third kappa shape index (κ3) is 6.38. The molecule has 100 valence electrons. The molecule has 2 atom stereocenters. The van der Waals surface area contributed by atoms with Crippen LogP contribution in [0.1, 0.15) is 25.7 Å². The second-order valence-corrected chi connectivity index (χ2v) is 5.47. The van der Waals surface area contributed by atoms with Gasteiger partial charge in [0.25, 0.3) is 0 Å². The first-order valence-electron chi connectivity index (χ1n) is 4.92. The topological polar surface area (TPSA) is 158 Å². The third-order valence-electron chi connectivity index (χ3n) is 2.25. The lowest BCUT2D eigenvalue weighted by molar-refractivity contribution is -0.139. The highest BCUT2D eigenvalue weighted by molar-refractivity contribution is 7.53. The maximum absolute atomic E-state index is 10.8. The van der Waals surface area contributed by atoms with Crippen molar-refractivity contribution in [3.8, 4) is 0 Å². The van der Waals surface area contributed by atoms with Crippen molar-refractivity contribution in [1.29, 1.82) is 0 Å². The van der Waals surface area contributed by atoms with Gasteiger partial charge >= 0.3 is 19.5 Å². The van der Waals surface area contributed by atoms with Crippen molar-refractivity contribution in [3.63, 3.8) is 0 Å². The molecule has 9 heteroatoms. The Bertz CT molecular complexity index is 326. The minimum Gasteiger partial charge on any atom is -0.481 e. The van der Waals surface area contributed by atoms with Crippen LogP contribution in [0.15, 0.2) is 0 Å². The van der Waals surface area contributed by atoms with Crippen molar-refractivity contribution < 1.29 is 34.2 Å². The summed E-state index contributed by atoms with van der Waals surface area (Å²) in [6, 6.07) is -1.03. The normalized spacial score (nSPS) is 15.2. The molecule has 6 N–H and O–H groups in total. The lowest BCUT2D eigenvalue weighted by Gasteiger charge is -2.13. The Kier molecular flexibility index (Phi) is 6.33. The fourth-order valence-electron chi connectivity index (χ4n) is 1.26. The number of rotatable bonds is 8. The summed E-state index contributed by atoms with van der Waals surface area (Å²) in [7, 11) is -4.66. The second-order valence-electron chi connectivity index (χ2n) is 3.67. The van der Waals surface area contributed by atoms with Crippen LogP contribution in [0.5, 0.6) is 0 Å². The van der Waals surface area contributed by atoms with E-state index in [1.807, 2.05) is 0 Å². The SMILES string of the molecule is N[C@@H](CCCC[C@H](C(=O)O)P(=O)(O)O)C(=O)O. The molecular weight excluding hydrogens is 253 g/mol. The van der Waals surface area contributed by atoms with Gasteiger partial charge in [-0.1, -0.05) is 12.8 Å². The standard InChI is InChI=1S/C8H16NO7P/c9-5(7(10)11)3-1-2-4-6(8(12)13)17(14,15)16/h5-6H,1-4,9H2,(H,10,11)(H,12,13)(H2,14,15,16)/t5-,6+/m0/s1. The molecule has 0 unspecified atom stereocenters. The van der Waals surface area contributed by atoms with Gasteiger partial charge in [-0.15, -0.1) is 0 Å². The highest BCUT2D eigenvalue weighted by Crippen LogP contribution is 2.43. The van der Waals surface area contributed by atoms with Gasteiger partial charge in [-0.05, 0) is 12.8 Å². The Balaban J connectivity index is 4.05. The van der Waals surface area contributed by atoms with E-state index >= 15 is 0 Å². The Labute approximate surface area is 97.6 Å². The van der Waals surface area contributed by atoms with Gasteiger partial charge in [0.1, 0.15) is 6.04 Å². The number of unbranched alkanes of at least 4 members (excludes halogenated alkanes) is 1. The molecule has 0 aromatic carbocycles. The molecule has 0 saturated carbocycles. The fourth-order valence-corrected chi connectivity index (χ4v) is 2.07. The molecule has 0 bridgehead atoms. The number of carboxylic acid groups (broad SMARTS) is 2. The van der Waals surface area contributed by atoms with Crippen molar-refractivity contribution in [2.75, 3.05) is 0 Å². The Morgan fingerprint density at radius 3 is 1.88 bits per heavy atom. The molecule has 0 aliphatic carbocycles. The van der Waals surface area contributed by atoms with Gasteiger partial charge in [-0.25, -0.2) is 0 Å². The highest BCUT2D eigenvalue weighted by atomic mass is 31.2. The van der Waals surface area contributed by atoms with Crippen LogP contribution in [-0.4, -0.2) is 43.6 Å². The molecule has 0 fully saturated rings. The minimum atomic E-state index is -4.66. The van der Waals surface area contributed by atoms with E-state index in [4.69, 9.17) is 25.7 Å². The predicted octanol–water partition coefficient (Wildman–Crippen LogP) is -0.410. The maximum Gasteiger partial charge on any atom is 0.339 e. The summed E-state index contributed by atoms with van der Waals surface area (Å²) in [6.07, 6.45) is 0.440. The largest absolute Gasteiger partial charge is 0.481 e. The van der Waals surface area contributed by atoms with Gasteiger partial charge in [-0.2, -0.15) is 0 Å². The van der Waals surface area contributed by atoms with Crippen LogP contribution in [0.4, 0.5) is 0 Å². The van der Waals surface area contributed by atoms with Crippen molar-refractivity contribution in [2.45, 2.75) is 37.4 Å². The smallest absolute Gasteiger partial charge is 0.339 e. The number of carbonyl (C=O) groups is 2. The molecule has 0 heterocycles. The molecule has 0 rings (SSSR count). The molecule has 0 amide bonds. The maximum atomic E-state index is 10.8. The lowest BCUT2D eigenvalue weighted by atomic mass is 10.1. The van der Waals surface area contributed by atoms with Crippen LogP contribution in [0.3, 0.4) is 0 Å². The van der Waals surface area contributed by atoms with Crippen LogP contribution in [-0.2, 0) is 14.2 Å². The van der Waals surface area contributed by atoms with Crippen LogP contribution < -0.4 is 5.73 Å². The molecule has 0 radical (unpaired) electrons. The molecule has 0 aliphatic heterocycles. The molecule has 0 spiro atoms. The zero-order valence-corrected chi connectivity index (χ0v) is 9.92. The summed E-state index contributed by atoms with van der Waals surface area (Å²) in [5, 5.41) is 17.1. The van der Waals surface area contributed by atoms with E-state index in [1.165, 1.54) is 0 Å². The van der Waals surface area contributed by atoms with Crippen LogP contribution in [0.25, 0.3) is 0 Å². The van der Waals surface area contributed by atoms with E-state index in [-0.39, 0.29) is 19.3 Å². The summed E-state index contributed by atoms with van der Waals surface area (Å²) in [4.78, 5) is 38.4. The van der Waals surface area contributed by atoms with Gasteiger partial charge in [0, 0.05) is 0 Å². The van der Waals surface area contributed by atoms with E-state index in [9.17, 15) is 14.2 Å². The highest BCUT2D eigenvalue weighted by Gasteiger charge is 2.34. The van der Waals surface area contributed by atoms with Gasteiger partial charge < -0.3 is 25.7 Å². The van der Waals surface area contributed by atoms with Crippen molar-refractivity contribution in [2.24, 2.45) is 5.73 Å². The molecule has 17 heavy (non-hydrogen) atoms. The zero-order chi connectivity index (χ0) is 13.6. The number of hydrogen-bond donors (Lipinski definition) is 5. The van der Waals surface area contributed by atoms with Gasteiger partial charge in [0.2, 0.25) is 0 Å². The average Bonchev–Trinajstić information content (AvgIpc) is 2.13. The third-order valence-corrected chi connectivity index (χ3v) is 3.54.